The van der Waals surface area contributed by atoms with Crippen molar-refractivity contribution in [3.05, 3.63) is 17.0 Å². The molecule has 1 aromatic heterocycles. The fraction of sp³-hybridized carbons (Fsp3) is 0.615. The van der Waals surface area contributed by atoms with Gasteiger partial charge < -0.3 is 9.64 Å². The zero-order valence-corrected chi connectivity index (χ0v) is 12.4. The third kappa shape index (κ3) is 2.80. The van der Waals surface area contributed by atoms with Crippen LogP contribution in [0.4, 0.5) is 0 Å². The van der Waals surface area contributed by atoms with Gasteiger partial charge in [-0.25, -0.2) is 4.79 Å². The van der Waals surface area contributed by atoms with E-state index in [1.165, 1.54) is 4.68 Å². The van der Waals surface area contributed by atoms with Crippen molar-refractivity contribution in [1.82, 2.24) is 14.7 Å². The lowest BCUT2D eigenvalue weighted by atomic mass is 10.0. The first kappa shape index (κ1) is 14.8. The Labute approximate surface area is 122 Å². The van der Waals surface area contributed by atoms with Crippen LogP contribution in [0, 0.1) is 0 Å². The third-order valence-corrected chi connectivity index (χ3v) is 3.51. The summed E-state index contributed by atoms with van der Waals surface area (Å²) in [5.74, 6) is -0.0836. The highest BCUT2D eigenvalue weighted by molar-refractivity contribution is 6.18. The van der Waals surface area contributed by atoms with Crippen LogP contribution in [0.5, 0.6) is 0 Å². The number of fused-ring (bicyclic) bond motifs is 1. The van der Waals surface area contributed by atoms with E-state index in [2.05, 4.69) is 5.10 Å². The summed E-state index contributed by atoms with van der Waals surface area (Å²) in [6.45, 7) is 3.08. The predicted molar refractivity (Wildman–Crippen MR) is 73.6 cm³/mol. The maximum atomic E-state index is 12.0. The molecule has 1 aliphatic heterocycles. The fourth-order valence-electron chi connectivity index (χ4n) is 2.41. The van der Waals surface area contributed by atoms with Gasteiger partial charge in [0.2, 0.25) is 5.91 Å². The van der Waals surface area contributed by atoms with Crippen LogP contribution in [0.1, 0.15) is 35.1 Å². The minimum Gasteiger partial charge on any atom is -0.461 e. The molecule has 6 nitrogen and oxygen atoms in total. The van der Waals surface area contributed by atoms with Crippen LogP contribution in [-0.2, 0) is 29.5 Å². The van der Waals surface area contributed by atoms with Gasteiger partial charge >= 0.3 is 5.97 Å². The number of hydrogen-bond acceptors (Lipinski definition) is 4. The monoisotopic (exact) mass is 299 g/mol. The summed E-state index contributed by atoms with van der Waals surface area (Å²) in [6.07, 6.45) is 0.961. The van der Waals surface area contributed by atoms with E-state index in [1.807, 2.05) is 0 Å². The van der Waals surface area contributed by atoms with E-state index >= 15 is 0 Å². The molecule has 0 N–H and O–H groups in total. The Bertz CT molecular complexity index is 527. The molecule has 7 heteroatoms. The molecule has 1 aliphatic rings. The smallest absolute Gasteiger partial charge is 0.356 e. The van der Waals surface area contributed by atoms with Crippen molar-refractivity contribution >= 4 is 23.5 Å². The minimum atomic E-state index is -0.393. The highest BCUT2D eigenvalue weighted by Gasteiger charge is 2.29. The number of amides is 1. The number of esters is 1. The molecular weight excluding hydrogens is 282 g/mol. The molecule has 2 heterocycles. The fourth-order valence-corrected chi connectivity index (χ4v) is 2.57. The van der Waals surface area contributed by atoms with Gasteiger partial charge in [-0.2, -0.15) is 5.10 Å². The molecular formula is C13H18ClN3O3. The van der Waals surface area contributed by atoms with E-state index < -0.39 is 5.97 Å². The second-order valence-electron chi connectivity index (χ2n) is 4.62. The van der Waals surface area contributed by atoms with Crippen molar-refractivity contribution in [1.29, 1.82) is 0 Å². The van der Waals surface area contributed by atoms with Crippen molar-refractivity contribution in [3.8, 4) is 0 Å². The van der Waals surface area contributed by atoms with E-state index in [9.17, 15) is 9.59 Å². The Morgan fingerprint density at radius 2 is 2.20 bits per heavy atom. The molecule has 0 atom stereocenters. The molecule has 0 fully saturated rings. The molecule has 0 radical (unpaired) electrons. The topological polar surface area (TPSA) is 64.4 Å². The van der Waals surface area contributed by atoms with Gasteiger partial charge in [0, 0.05) is 44.4 Å². The number of alkyl halides is 1. The quantitative estimate of drug-likeness (QED) is 0.617. The van der Waals surface area contributed by atoms with Crippen LogP contribution in [0.3, 0.4) is 0 Å². The Balaban J connectivity index is 2.25. The molecule has 0 saturated heterocycles. The molecule has 2 rings (SSSR count). The molecule has 110 valence electrons. The lowest BCUT2D eigenvalue weighted by Crippen LogP contribution is -2.36. The Hall–Kier alpha value is -1.56. The summed E-state index contributed by atoms with van der Waals surface area (Å²) in [6, 6.07) is 0. The Morgan fingerprint density at radius 1 is 1.45 bits per heavy atom. The number of nitrogens with zero attached hydrogens (tertiary/aromatic N) is 3. The zero-order valence-electron chi connectivity index (χ0n) is 11.7. The summed E-state index contributed by atoms with van der Waals surface area (Å²) < 4.78 is 6.59. The number of halogens is 1. The predicted octanol–water partition coefficient (Wildman–Crippen LogP) is 1.11. The van der Waals surface area contributed by atoms with Gasteiger partial charge in [-0.15, -0.1) is 11.6 Å². The molecule has 0 bridgehead atoms. The molecule has 0 spiro atoms. The largest absolute Gasteiger partial charge is 0.461 e. The van der Waals surface area contributed by atoms with Crippen LogP contribution in [0.15, 0.2) is 0 Å². The van der Waals surface area contributed by atoms with Gasteiger partial charge in [-0.3, -0.25) is 9.48 Å². The van der Waals surface area contributed by atoms with E-state index in [0.29, 0.717) is 44.1 Å². The highest BCUT2D eigenvalue weighted by atomic mass is 35.5. The van der Waals surface area contributed by atoms with E-state index in [1.54, 1.807) is 18.9 Å². The number of carbonyl (C=O) groups excluding carboxylic acids is 2. The number of carbonyl (C=O) groups is 2. The first-order valence-electron chi connectivity index (χ1n) is 6.64. The first-order chi connectivity index (χ1) is 9.58. The minimum absolute atomic E-state index is 0.00399. The number of hydrogen-bond donors (Lipinski definition) is 0. The van der Waals surface area contributed by atoms with Crippen molar-refractivity contribution in [2.24, 2.45) is 7.05 Å². The van der Waals surface area contributed by atoms with Gasteiger partial charge in [-0.1, -0.05) is 0 Å². The van der Waals surface area contributed by atoms with Gasteiger partial charge in [0.15, 0.2) is 5.69 Å². The van der Waals surface area contributed by atoms with Gasteiger partial charge in [0.25, 0.3) is 0 Å². The van der Waals surface area contributed by atoms with E-state index in [4.69, 9.17) is 16.3 Å². The average molecular weight is 300 g/mol. The lowest BCUT2D eigenvalue weighted by Gasteiger charge is -2.26. The summed E-state index contributed by atoms with van der Waals surface area (Å²) >= 11 is 5.60. The maximum Gasteiger partial charge on any atom is 0.356 e. The second-order valence-corrected chi connectivity index (χ2v) is 5.00. The van der Waals surface area contributed by atoms with Crippen LogP contribution < -0.4 is 0 Å². The standard InChI is InChI=1S/C13H18ClN3O3/c1-3-20-13(19)12-9-8-17(11(18)4-6-14)7-5-10(9)15-16(12)2/h3-8H2,1-2H3. The van der Waals surface area contributed by atoms with Crippen LogP contribution >= 0.6 is 11.6 Å². The van der Waals surface area contributed by atoms with E-state index in [0.717, 1.165) is 11.3 Å². The number of rotatable bonds is 4. The van der Waals surface area contributed by atoms with Crippen molar-refractivity contribution in [3.63, 3.8) is 0 Å². The second kappa shape index (κ2) is 6.26. The van der Waals surface area contributed by atoms with Crippen molar-refractivity contribution < 1.29 is 14.3 Å². The lowest BCUT2D eigenvalue weighted by molar-refractivity contribution is -0.131. The van der Waals surface area contributed by atoms with Crippen molar-refractivity contribution in [2.75, 3.05) is 19.0 Å². The molecule has 1 aromatic rings. The average Bonchev–Trinajstić information content (AvgIpc) is 2.74. The number of ether oxygens (including phenoxy) is 1. The molecule has 0 saturated carbocycles. The summed E-state index contributed by atoms with van der Waals surface area (Å²) in [5.41, 5.74) is 2.09. The molecule has 0 aromatic carbocycles. The van der Waals surface area contributed by atoms with Crippen LogP contribution in [0.2, 0.25) is 0 Å². The summed E-state index contributed by atoms with van der Waals surface area (Å²) in [5, 5.41) is 4.35. The van der Waals surface area contributed by atoms with Crippen LogP contribution in [-0.4, -0.2) is 45.6 Å². The highest BCUT2D eigenvalue weighted by Crippen LogP contribution is 2.23. The molecule has 20 heavy (non-hydrogen) atoms. The van der Waals surface area contributed by atoms with E-state index in [-0.39, 0.29) is 5.91 Å². The number of aryl methyl sites for hydroxylation is 1. The summed E-state index contributed by atoms with van der Waals surface area (Å²) in [4.78, 5) is 25.6. The third-order valence-electron chi connectivity index (χ3n) is 3.33. The first-order valence-corrected chi connectivity index (χ1v) is 7.17. The Kier molecular flexibility index (Phi) is 4.65. The Morgan fingerprint density at radius 3 is 2.85 bits per heavy atom. The molecule has 0 unspecified atom stereocenters. The van der Waals surface area contributed by atoms with Crippen LogP contribution in [0.25, 0.3) is 0 Å². The molecule has 1 amide bonds. The zero-order chi connectivity index (χ0) is 14.7. The maximum absolute atomic E-state index is 12.0. The van der Waals surface area contributed by atoms with Gasteiger partial charge in [0.05, 0.1) is 12.3 Å². The van der Waals surface area contributed by atoms with Gasteiger partial charge in [0.1, 0.15) is 0 Å². The molecule has 0 aliphatic carbocycles. The summed E-state index contributed by atoms with van der Waals surface area (Å²) in [7, 11) is 1.72. The number of aromatic nitrogens is 2. The van der Waals surface area contributed by atoms with Crippen molar-refractivity contribution in [2.45, 2.75) is 26.3 Å². The van der Waals surface area contributed by atoms with Gasteiger partial charge in [-0.05, 0) is 6.92 Å². The SMILES string of the molecule is CCOC(=O)c1c2c(nn1C)CCN(C(=O)CCCl)C2. The normalized spacial score (nSPS) is 14.1.